The van der Waals surface area contributed by atoms with Crippen LogP contribution in [0.15, 0.2) is 53.4 Å². The minimum absolute atomic E-state index is 0.0299. The van der Waals surface area contributed by atoms with Crippen molar-refractivity contribution in [2.75, 3.05) is 17.7 Å². The van der Waals surface area contributed by atoms with Crippen molar-refractivity contribution in [3.8, 4) is 11.8 Å². The van der Waals surface area contributed by atoms with Crippen LogP contribution < -0.4 is 10.1 Å². The predicted molar refractivity (Wildman–Crippen MR) is 89.7 cm³/mol. The molecule has 2 rings (SSSR count). The van der Waals surface area contributed by atoms with E-state index in [0.29, 0.717) is 16.5 Å². The van der Waals surface area contributed by atoms with Crippen molar-refractivity contribution in [1.82, 2.24) is 0 Å². The van der Waals surface area contributed by atoms with E-state index < -0.39 is 21.5 Å². The normalized spacial score (nSPS) is 10.7. The molecule has 0 unspecified atom stereocenters. The molecule has 6 nitrogen and oxygen atoms in total. The molecule has 124 valence electrons. The fourth-order valence-electron chi connectivity index (χ4n) is 1.85. The van der Waals surface area contributed by atoms with Crippen LogP contribution in [0.25, 0.3) is 0 Å². The summed E-state index contributed by atoms with van der Waals surface area (Å²) in [6.45, 7) is -0.0783. The molecule has 2 aromatic carbocycles. The minimum atomic E-state index is -3.75. The Morgan fingerprint density at radius 3 is 2.33 bits per heavy atom. The molecule has 0 atom stereocenters. The molecule has 2 aromatic rings. The number of ether oxygens (including phenoxy) is 1. The molecule has 1 N–H and O–H groups in total. The van der Waals surface area contributed by atoms with Gasteiger partial charge in [-0.25, -0.2) is 8.42 Å². The third kappa shape index (κ3) is 4.98. The van der Waals surface area contributed by atoms with Crippen LogP contribution in [0.5, 0.6) is 5.75 Å². The number of amides is 1. The number of nitrogens with one attached hydrogen (secondary N) is 1. The summed E-state index contributed by atoms with van der Waals surface area (Å²) in [6, 6.07) is 13.7. The number of halogens is 1. The fraction of sp³-hybridized carbons (Fsp3) is 0.125. The summed E-state index contributed by atoms with van der Waals surface area (Å²) in [7, 11) is -3.75. The molecule has 0 radical (unpaired) electrons. The highest BCUT2D eigenvalue weighted by Gasteiger charge is 2.19. The maximum absolute atomic E-state index is 12.2. The molecule has 24 heavy (non-hydrogen) atoms. The van der Waals surface area contributed by atoms with Gasteiger partial charge >= 0.3 is 0 Å². The number of benzene rings is 2. The van der Waals surface area contributed by atoms with Gasteiger partial charge < -0.3 is 10.1 Å². The standard InChI is InChI=1S/C16H13ClN2O4S/c17-12-1-7-15(8-2-12)24(21,22)11-16(20)19-13-3-5-14(6-4-13)23-10-9-18/h1-8H,10-11H2,(H,19,20). The lowest BCUT2D eigenvalue weighted by Gasteiger charge is -2.08. The smallest absolute Gasteiger partial charge is 0.239 e. The second-order valence-corrected chi connectivity index (χ2v) is 7.16. The molecule has 0 aliphatic rings. The molecule has 0 spiro atoms. The molecule has 0 heterocycles. The SMILES string of the molecule is N#CCOc1ccc(NC(=O)CS(=O)(=O)c2ccc(Cl)cc2)cc1. The van der Waals surface area contributed by atoms with Gasteiger partial charge in [0.2, 0.25) is 5.91 Å². The van der Waals surface area contributed by atoms with E-state index in [1.165, 1.54) is 24.3 Å². The first-order valence-electron chi connectivity index (χ1n) is 6.79. The number of rotatable bonds is 6. The molecule has 0 saturated carbocycles. The van der Waals surface area contributed by atoms with Crippen LogP contribution in [0.3, 0.4) is 0 Å². The summed E-state index contributed by atoms with van der Waals surface area (Å²) in [5.41, 5.74) is 0.426. The Morgan fingerprint density at radius 1 is 1.12 bits per heavy atom. The molecule has 0 saturated heterocycles. The van der Waals surface area contributed by atoms with Gasteiger partial charge in [0.05, 0.1) is 4.90 Å². The largest absolute Gasteiger partial charge is 0.479 e. The number of carbonyl (C=O) groups excluding carboxylic acids is 1. The van der Waals surface area contributed by atoms with E-state index in [-0.39, 0.29) is 11.5 Å². The number of hydrogen-bond donors (Lipinski definition) is 1. The van der Waals surface area contributed by atoms with Gasteiger partial charge in [-0.1, -0.05) is 11.6 Å². The lowest BCUT2D eigenvalue weighted by Crippen LogP contribution is -2.23. The summed E-state index contributed by atoms with van der Waals surface area (Å²) in [5, 5.41) is 11.3. The summed E-state index contributed by atoms with van der Waals surface area (Å²) >= 11 is 5.72. The topological polar surface area (TPSA) is 96.3 Å². The average Bonchev–Trinajstić information content (AvgIpc) is 2.54. The van der Waals surface area contributed by atoms with Gasteiger partial charge in [-0.15, -0.1) is 0 Å². The van der Waals surface area contributed by atoms with Crippen LogP contribution in [-0.4, -0.2) is 26.7 Å². The maximum atomic E-state index is 12.2. The Labute approximate surface area is 144 Å². The van der Waals surface area contributed by atoms with E-state index in [1.807, 2.05) is 6.07 Å². The average molecular weight is 365 g/mol. The lowest BCUT2D eigenvalue weighted by molar-refractivity contribution is -0.113. The zero-order valence-corrected chi connectivity index (χ0v) is 14.0. The highest BCUT2D eigenvalue weighted by atomic mass is 35.5. The van der Waals surface area contributed by atoms with Crippen molar-refractivity contribution >= 4 is 33.0 Å². The van der Waals surface area contributed by atoms with Crippen molar-refractivity contribution in [2.24, 2.45) is 0 Å². The van der Waals surface area contributed by atoms with Crippen LogP contribution >= 0.6 is 11.6 Å². The van der Waals surface area contributed by atoms with Crippen molar-refractivity contribution < 1.29 is 17.9 Å². The number of carbonyl (C=O) groups is 1. The molecule has 1 amide bonds. The van der Waals surface area contributed by atoms with E-state index in [9.17, 15) is 13.2 Å². The first-order chi connectivity index (χ1) is 11.4. The van der Waals surface area contributed by atoms with E-state index in [1.54, 1.807) is 24.3 Å². The molecular weight excluding hydrogens is 352 g/mol. The van der Waals surface area contributed by atoms with Gasteiger partial charge in [-0.2, -0.15) is 5.26 Å². The van der Waals surface area contributed by atoms with Crippen LogP contribution in [0.1, 0.15) is 0 Å². The van der Waals surface area contributed by atoms with E-state index in [2.05, 4.69) is 5.32 Å². The molecule has 0 fully saturated rings. The monoisotopic (exact) mass is 364 g/mol. The van der Waals surface area contributed by atoms with Gasteiger partial charge in [0.25, 0.3) is 0 Å². The summed E-state index contributed by atoms with van der Waals surface area (Å²) in [5.74, 6) is -0.861. The quantitative estimate of drug-likeness (QED) is 0.849. The van der Waals surface area contributed by atoms with E-state index in [4.69, 9.17) is 21.6 Å². The molecule has 0 aromatic heterocycles. The van der Waals surface area contributed by atoms with Crippen molar-refractivity contribution in [2.45, 2.75) is 4.90 Å². The fourth-order valence-corrected chi connectivity index (χ4v) is 3.11. The molecular formula is C16H13ClN2O4S. The Morgan fingerprint density at radius 2 is 1.75 bits per heavy atom. The van der Waals surface area contributed by atoms with Crippen LogP contribution in [-0.2, 0) is 14.6 Å². The number of nitriles is 1. The molecule has 0 bridgehead atoms. The highest BCUT2D eigenvalue weighted by molar-refractivity contribution is 7.92. The molecule has 0 aliphatic heterocycles. The Bertz CT molecular complexity index is 856. The van der Waals surface area contributed by atoms with Crippen LogP contribution in [0, 0.1) is 11.3 Å². The summed E-state index contributed by atoms with van der Waals surface area (Å²) in [4.78, 5) is 12.0. The van der Waals surface area contributed by atoms with Gasteiger partial charge in [0, 0.05) is 10.7 Å². The number of anilines is 1. The van der Waals surface area contributed by atoms with E-state index >= 15 is 0 Å². The Kier molecular flexibility index (Phi) is 5.79. The minimum Gasteiger partial charge on any atom is -0.479 e. The van der Waals surface area contributed by atoms with Crippen molar-refractivity contribution in [3.05, 3.63) is 53.6 Å². The number of nitrogens with zero attached hydrogens (tertiary/aromatic N) is 1. The van der Waals surface area contributed by atoms with Crippen molar-refractivity contribution in [1.29, 1.82) is 5.26 Å². The molecule has 0 aliphatic carbocycles. The second-order valence-electron chi connectivity index (χ2n) is 4.73. The van der Waals surface area contributed by atoms with Crippen molar-refractivity contribution in [3.63, 3.8) is 0 Å². The third-order valence-corrected chi connectivity index (χ3v) is 4.82. The predicted octanol–water partition coefficient (Wildman–Crippen LogP) is 2.65. The summed E-state index contributed by atoms with van der Waals surface area (Å²) in [6.07, 6.45) is 0. The Hall–Kier alpha value is -2.56. The number of hydrogen-bond acceptors (Lipinski definition) is 5. The van der Waals surface area contributed by atoms with Gasteiger partial charge in [-0.3, -0.25) is 4.79 Å². The zero-order chi connectivity index (χ0) is 17.6. The highest BCUT2D eigenvalue weighted by Crippen LogP contribution is 2.17. The van der Waals surface area contributed by atoms with Gasteiger partial charge in [0.15, 0.2) is 16.4 Å². The third-order valence-electron chi connectivity index (χ3n) is 2.94. The first-order valence-corrected chi connectivity index (χ1v) is 8.82. The van der Waals surface area contributed by atoms with Crippen LogP contribution in [0.4, 0.5) is 5.69 Å². The Balaban J connectivity index is 1.99. The first kappa shape index (κ1) is 17.8. The maximum Gasteiger partial charge on any atom is 0.239 e. The van der Waals surface area contributed by atoms with E-state index in [0.717, 1.165) is 0 Å². The second kappa shape index (κ2) is 7.81. The number of sulfone groups is 1. The lowest BCUT2D eigenvalue weighted by atomic mass is 10.3. The van der Waals surface area contributed by atoms with Gasteiger partial charge in [-0.05, 0) is 48.5 Å². The van der Waals surface area contributed by atoms with Gasteiger partial charge in [0.1, 0.15) is 17.6 Å². The summed E-state index contributed by atoms with van der Waals surface area (Å²) < 4.78 is 29.4. The van der Waals surface area contributed by atoms with Crippen LogP contribution in [0.2, 0.25) is 5.02 Å². The zero-order valence-electron chi connectivity index (χ0n) is 12.4. The molecule has 8 heteroatoms.